The fourth-order valence-electron chi connectivity index (χ4n) is 0.953. The maximum Gasteiger partial charge on any atom is 0.340 e. The molecule has 1 rings (SSSR count). The highest BCUT2D eigenvalue weighted by molar-refractivity contribution is 6.24. The van der Waals surface area contributed by atoms with E-state index in [9.17, 15) is 14.9 Å². The van der Waals surface area contributed by atoms with Gasteiger partial charge in [0.2, 0.25) is 6.08 Å². The second-order valence-electron chi connectivity index (χ2n) is 2.39. The second-order valence-corrected chi connectivity index (χ2v) is 3.00. The third-order valence-electron chi connectivity index (χ3n) is 1.62. The van der Waals surface area contributed by atoms with Crippen LogP contribution in [0.15, 0.2) is 29.3 Å². The van der Waals surface area contributed by atoms with Crippen LogP contribution >= 0.6 is 11.6 Å². The summed E-state index contributed by atoms with van der Waals surface area (Å²) in [5.41, 5.74) is 0. The summed E-state index contributed by atoms with van der Waals surface area (Å²) in [6, 6.07) is -0.994. The molecule has 2 unspecified atom stereocenters. The van der Waals surface area contributed by atoms with Crippen LogP contribution in [0.1, 0.15) is 0 Å². The van der Waals surface area contributed by atoms with E-state index in [4.69, 9.17) is 11.6 Å². The Morgan fingerprint density at radius 1 is 1.62 bits per heavy atom. The zero-order chi connectivity index (χ0) is 9.90. The minimum absolute atomic E-state index is 0.694. The van der Waals surface area contributed by atoms with Crippen LogP contribution in [-0.4, -0.2) is 22.0 Å². The number of rotatable bonds is 2. The molecule has 0 saturated heterocycles. The molecule has 0 aromatic carbocycles. The van der Waals surface area contributed by atoms with E-state index in [-0.39, 0.29) is 0 Å². The van der Waals surface area contributed by atoms with E-state index in [0.717, 1.165) is 0 Å². The predicted octanol–water partition coefficient (Wildman–Crippen LogP) is 1.03. The lowest BCUT2D eigenvalue weighted by Crippen LogP contribution is -2.41. The number of hydrogen-bond donors (Lipinski definition) is 0. The van der Waals surface area contributed by atoms with Crippen molar-refractivity contribution in [3.63, 3.8) is 0 Å². The molecule has 0 aromatic heterocycles. The van der Waals surface area contributed by atoms with Gasteiger partial charge in [0.05, 0.1) is 0 Å². The van der Waals surface area contributed by atoms with E-state index >= 15 is 0 Å². The number of halogens is 1. The van der Waals surface area contributed by atoms with Gasteiger partial charge in [-0.25, -0.2) is 4.79 Å². The van der Waals surface area contributed by atoms with Gasteiger partial charge >= 0.3 is 5.00 Å². The molecule has 1 aliphatic carbocycles. The van der Waals surface area contributed by atoms with Crippen LogP contribution in [0, 0.1) is 10.1 Å². The SMILES string of the molecule is O=C=NC1C=CC=CC1(Cl)[N+](=O)[O-]. The zero-order valence-electron chi connectivity index (χ0n) is 6.38. The Bertz CT molecular complexity index is 333. The molecule has 0 aromatic rings. The van der Waals surface area contributed by atoms with Crippen LogP contribution in [0.2, 0.25) is 0 Å². The largest absolute Gasteiger partial charge is 0.340 e. The van der Waals surface area contributed by atoms with Crippen LogP contribution in [0.3, 0.4) is 0 Å². The minimum atomic E-state index is -1.86. The fraction of sp³-hybridized carbons (Fsp3) is 0.286. The van der Waals surface area contributed by atoms with E-state index in [0.29, 0.717) is 0 Å². The molecular formula is C7H5ClN2O3. The average Bonchev–Trinajstić information content (AvgIpc) is 2.09. The Hall–Kier alpha value is -1.45. The third-order valence-corrected chi connectivity index (χ3v) is 2.11. The summed E-state index contributed by atoms with van der Waals surface area (Å²) in [4.78, 5) is 21.2. The lowest BCUT2D eigenvalue weighted by Gasteiger charge is -2.19. The summed E-state index contributed by atoms with van der Waals surface area (Å²) in [5, 5.41) is 10.6. The molecule has 0 radical (unpaired) electrons. The lowest BCUT2D eigenvalue weighted by molar-refractivity contribution is -0.529. The van der Waals surface area contributed by atoms with Crippen molar-refractivity contribution >= 4 is 17.7 Å². The first-order valence-corrected chi connectivity index (χ1v) is 3.75. The molecule has 13 heavy (non-hydrogen) atoms. The van der Waals surface area contributed by atoms with Gasteiger partial charge in [0.1, 0.15) is 0 Å². The predicted molar refractivity (Wildman–Crippen MR) is 45.8 cm³/mol. The topological polar surface area (TPSA) is 72.6 Å². The third kappa shape index (κ3) is 1.66. The molecule has 1 aliphatic rings. The van der Waals surface area contributed by atoms with Gasteiger partial charge in [0.25, 0.3) is 0 Å². The first-order valence-electron chi connectivity index (χ1n) is 3.37. The first-order chi connectivity index (χ1) is 6.11. The fourth-order valence-corrected chi connectivity index (χ4v) is 1.15. The number of carbonyl (C=O) groups excluding carboxylic acids is 1. The van der Waals surface area contributed by atoms with Gasteiger partial charge in [0, 0.05) is 11.0 Å². The molecule has 68 valence electrons. The van der Waals surface area contributed by atoms with Gasteiger partial charge in [-0.05, 0) is 11.6 Å². The molecule has 5 nitrogen and oxygen atoms in total. The van der Waals surface area contributed by atoms with E-state index < -0.39 is 16.0 Å². The number of nitrogens with zero attached hydrogens (tertiary/aromatic N) is 2. The number of allylic oxidation sites excluding steroid dienone is 2. The van der Waals surface area contributed by atoms with Crippen molar-refractivity contribution in [2.45, 2.75) is 11.0 Å². The molecule has 2 atom stereocenters. The molecule has 0 amide bonds. The van der Waals surface area contributed by atoms with Crippen molar-refractivity contribution in [3.8, 4) is 0 Å². The van der Waals surface area contributed by atoms with Crippen molar-refractivity contribution < 1.29 is 9.72 Å². The number of isocyanates is 1. The quantitative estimate of drug-likeness (QED) is 0.167. The maximum atomic E-state index is 10.6. The molecular weight excluding hydrogens is 196 g/mol. The summed E-state index contributed by atoms with van der Waals surface area (Å²) in [6.45, 7) is 0. The van der Waals surface area contributed by atoms with Crippen molar-refractivity contribution in [3.05, 3.63) is 34.4 Å². The highest BCUT2D eigenvalue weighted by Crippen LogP contribution is 2.28. The number of hydrogen-bond acceptors (Lipinski definition) is 4. The molecule has 0 fully saturated rings. The molecule has 0 spiro atoms. The van der Waals surface area contributed by atoms with Crippen LogP contribution in [0.5, 0.6) is 0 Å². The van der Waals surface area contributed by atoms with Crippen LogP contribution < -0.4 is 0 Å². The van der Waals surface area contributed by atoms with Gasteiger partial charge in [-0.15, -0.1) is 0 Å². The number of nitro groups is 1. The van der Waals surface area contributed by atoms with Crippen LogP contribution in [0.25, 0.3) is 0 Å². The second kappa shape index (κ2) is 3.51. The van der Waals surface area contributed by atoms with Gasteiger partial charge in [-0.2, -0.15) is 4.99 Å². The minimum Gasteiger partial charge on any atom is -0.262 e. The van der Waals surface area contributed by atoms with Crippen molar-refractivity contribution in [2.24, 2.45) is 4.99 Å². The zero-order valence-corrected chi connectivity index (χ0v) is 7.14. The van der Waals surface area contributed by atoms with Gasteiger partial charge in [-0.1, -0.05) is 18.2 Å². The van der Waals surface area contributed by atoms with E-state index in [2.05, 4.69) is 4.99 Å². The van der Waals surface area contributed by atoms with Gasteiger partial charge in [0.15, 0.2) is 6.04 Å². The highest BCUT2D eigenvalue weighted by Gasteiger charge is 2.46. The molecule has 0 bridgehead atoms. The Morgan fingerprint density at radius 2 is 2.31 bits per heavy atom. The smallest absolute Gasteiger partial charge is 0.262 e. The highest BCUT2D eigenvalue weighted by atomic mass is 35.5. The Kier molecular flexibility index (Phi) is 2.60. The molecule has 0 heterocycles. The maximum absolute atomic E-state index is 10.6. The molecule has 6 heteroatoms. The summed E-state index contributed by atoms with van der Waals surface area (Å²) in [5.74, 6) is 0. The Morgan fingerprint density at radius 3 is 2.85 bits per heavy atom. The number of aliphatic imine (C=N–C) groups is 1. The molecule has 0 N–H and O–H groups in total. The van der Waals surface area contributed by atoms with Gasteiger partial charge < -0.3 is 0 Å². The van der Waals surface area contributed by atoms with E-state index in [1.807, 2.05) is 0 Å². The lowest BCUT2D eigenvalue weighted by atomic mass is 10.0. The van der Waals surface area contributed by atoms with Crippen LogP contribution in [0.4, 0.5) is 0 Å². The van der Waals surface area contributed by atoms with E-state index in [1.54, 1.807) is 0 Å². The normalized spacial score (nSPS) is 31.0. The van der Waals surface area contributed by atoms with Crippen molar-refractivity contribution in [1.29, 1.82) is 0 Å². The standard InChI is InChI=1S/C7H5ClN2O3/c8-7(10(12)13)4-2-1-3-6(7)9-5-11/h1-4,6H. The average molecular weight is 201 g/mol. The molecule has 0 saturated carbocycles. The summed E-state index contributed by atoms with van der Waals surface area (Å²) < 4.78 is 0. The molecule has 0 aliphatic heterocycles. The van der Waals surface area contributed by atoms with E-state index in [1.165, 1.54) is 30.4 Å². The summed E-state index contributed by atoms with van der Waals surface area (Å²) in [6.07, 6.45) is 6.78. The van der Waals surface area contributed by atoms with Gasteiger partial charge in [-0.3, -0.25) is 10.1 Å². The number of alkyl halides is 1. The monoisotopic (exact) mass is 200 g/mol. The first kappa shape index (κ1) is 9.64. The van der Waals surface area contributed by atoms with Crippen LogP contribution in [-0.2, 0) is 4.79 Å². The summed E-state index contributed by atoms with van der Waals surface area (Å²) >= 11 is 5.65. The van der Waals surface area contributed by atoms with Crippen molar-refractivity contribution in [2.75, 3.05) is 0 Å². The summed E-state index contributed by atoms with van der Waals surface area (Å²) in [7, 11) is 0. The Balaban J connectivity index is 3.07. The Labute approximate surface area is 78.6 Å². The van der Waals surface area contributed by atoms with Crippen molar-refractivity contribution in [1.82, 2.24) is 0 Å².